The molecule has 0 aliphatic heterocycles. The van der Waals surface area contributed by atoms with Gasteiger partial charge in [0, 0.05) is 35.1 Å². The third kappa shape index (κ3) is 2.44. The van der Waals surface area contributed by atoms with Crippen LogP contribution in [0, 0.1) is 0 Å². The number of rotatable bonds is 1. The Morgan fingerprint density at radius 3 is 2.29 bits per heavy atom. The zero-order valence-corrected chi connectivity index (χ0v) is 10.3. The Hall–Kier alpha value is -1.90. The first-order chi connectivity index (χ1) is 7.98. The molecule has 2 rings (SSSR count). The predicted octanol–water partition coefficient (Wildman–Crippen LogP) is 2.73. The molecule has 0 bridgehead atoms. The van der Waals surface area contributed by atoms with Crippen molar-refractivity contribution >= 4 is 0 Å². The van der Waals surface area contributed by atoms with E-state index in [-0.39, 0.29) is 11.0 Å². The number of nitrogens with one attached hydrogen (secondary N) is 1. The van der Waals surface area contributed by atoms with Crippen LogP contribution in [0.3, 0.4) is 0 Å². The van der Waals surface area contributed by atoms with Gasteiger partial charge in [-0.25, -0.2) is 0 Å². The maximum atomic E-state index is 11.5. The van der Waals surface area contributed by atoms with Crippen LogP contribution in [0.1, 0.15) is 26.5 Å². The molecule has 0 aliphatic carbocycles. The molecule has 1 N–H and O–H groups in total. The smallest absolute Gasteiger partial charge is 0.248 e. The molecule has 3 heteroatoms. The van der Waals surface area contributed by atoms with E-state index in [1.165, 1.54) is 0 Å². The van der Waals surface area contributed by atoms with E-state index < -0.39 is 0 Å². The molecule has 2 aromatic heterocycles. The van der Waals surface area contributed by atoms with Gasteiger partial charge in [0.25, 0.3) is 0 Å². The van der Waals surface area contributed by atoms with Crippen molar-refractivity contribution in [3.63, 3.8) is 0 Å². The molecular formula is C14H16N2O. The zero-order chi connectivity index (χ0) is 12.5. The average Bonchev–Trinajstić information content (AvgIpc) is 2.29. The molecule has 17 heavy (non-hydrogen) atoms. The lowest BCUT2D eigenvalue weighted by Gasteiger charge is -2.22. The van der Waals surface area contributed by atoms with E-state index in [1.807, 2.05) is 18.2 Å². The Morgan fingerprint density at radius 1 is 1.06 bits per heavy atom. The lowest BCUT2D eigenvalue weighted by molar-refractivity contribution is 0.569. The Bertz CT molecular complexity index is 565. The molecule has 0 radical (unpaired) electrons. The van der Waals surface area contributed by atoms with Crippen LogP contribution in [0.5, 0.6) is 0 Å². The van der Waals surface area contributed by atoms with Crippen molar-refractivity contribution in [1.29, 1.82) is 0 Å². The van der Waals surface area contributed by atoms with Crippen molar-refractivity contribution in [2.24, 2.45) is 0 Å². The van der Waals surface area contributed by atoms with Gasteiger partial charge in [0.15, 0.2) is 0 Å². The first kappa shape index (κ1) is 11.6. The van der Waals surface area contributed by atoms with E-state index in [0.717, 1.165) is 16.8 Å². The Labute approximate surface area is 101 Å². The Kier molecular flexibility index (Phi) is 2.84. The highest BCUT2D eigenvalue weighted by Crippen LogP contribution is 2.29. The lowest BCUT2D eigenvalue weighted by atomic mass is 9.86. The van der Waals surface area contributed by atoms with Crippen molar-refractivity contribution in [3.8, 4) is 11.1 Å². The number of aromatic amines is 1. The summed E-state index contributed by atoms with van der Waals surface area (Å²) in [7, 11) is 0. The molecule has 0 unspecified atom stereocenters. The Morgan fingerprint density at radius 2 is 1.71 bits per heavy atom. The summed E-state index contributed by atoms with van der Waals surface area (Å²) in [6.45, 7) is 6.26. The van der Waals surface area contributed by atoms with Crippen molar-refractivity contribution in [3.05, 3.63) is 52.7 Å². The predicted molar refractivity (Wildman–Crippen MR) is 69.0 cm³/mol. The molecule has 2 heterocycles. The van der Waals surface area contributed by atoms with E-state index in [9.17, 15) is 4.79 Å². The number of H-pyrrole nitrogens is 1. The molecule has 0 fully saturated rings. The molecule has 0 atom stereocenters. The van der Waals surface area contributed by atoms with Crippen molar-refractivity contribution in [2.75, 3.05) is 0 Å². The van der Waals surface area contributed by atoms with Gasteiger partial charge in [-0.15, -0.1) is 0 Å². The monoisotopic (exact) mass is 228 g/mol. The third-order valence-corrected chi connectivity index (χ3v) is 2.66. The second-order valence-electron chi connectivity index (χ2n) is 5.10. The van der Waals surface area contributed by atoms with E-state index in [0.29, 0.717) is 0 Å². The van der Waals surface area contributed by atoms with E-state index >= 15 is 0 Å². The molecule has 2 aromatic rings. The van der Waals surface area contributed by atoms with E-state index in [4.69, 9.17) is 0 Å². The second kappa shape index (κ2) is 4.17. The number of hydrogen-bond acceptors (Lipinski definition) is 2. The van der Waals surface area contributed by atoms with Gasteiger partial charge in [-0.1, -0.05) is 20.8 Å². The SMILES string of the molecule is CC(C)(C)c1[nH]c(=O)ccc1-c1ccncc1. The van der Waals surface area contributed by atoms with Crippen LogP contribution in [0.25, 0.3) is 11.1 Å². The minimum absolute atomic E-state index is 0.0623. The summed E-state index contributed by atoms with van der Waals surface area (Å²) < 4.78 is 0. The highest BCUT2D eigenvalue weighted by Gasteiger charge is 2.19. The average molecular weight is 228 g/mol. The standard InChI is InChI=1S/C14H16N2O/c1-14(2,3)13-11(4-5-12(17)16-13)10-6-8-15-9-7-10/h4-9H,1-3H3,(H,16,17). The van der Waals surface area contributed by atoms with Crippen LogP contribution in [0.4, 0.5) is 0 Å². The largest absolute Gasteiger partial charge is 0.325 e. The summed E-state index contributed by atoms with van der Waals surface area (Å²) in [5.41, 5.74) is 2.92. The quantitative estimate of drug-likeness (QED) is 0.815. The maximum absolute atomic E-state index is 11.5. The van der Waals surface area contributed by atoms with Crippen LogP contribution in [-0.2, 0) is 5.41 Å². The minimum atomic E-state index is -0.0982. The molecule has 3 nitrogen and oxygen atoms in total. The zero-order valence-electron chi connectivity index (χ0n) is 10.3. The van der Waals surface area contributed by atoms with Crippen LogP contribution in [0.15, 0.2) is 41.5 Å². The Balaban J connectivity index is 2.67. The van der Waals surface area contributed by atoms with Crippen molar-refractivity contribution < 1.29 is 0 Å². The minimum Gasteiger partial charge on any atom is -0.325 e. The van der Waals surface area contributed by atoms with Gasteiger partial charge in [-0.3, -0.25) is 9.78 Å². The van der Waals surface area contributed by atoms with Crippen molar-refractivity contribution in [1.82, 2.24) is 9.97 Å². The molecular weight excluding hydrogens is 212 g/mol. The third-order valence-electron chi connectivity index (χ3n) is 2.66. The molecule has 88 valence electrons. The van der Waals surface area contributed by atoms with E-state index in [1.54, 1.807) is 18.5 Å². The highest BCUT2D eigenvalue weighted by molar-refractivity contribution is 5.66. The van der Waals surface area contributed by atoms with Crippen LogP contribution < -0.4 is 5.56 Å². The maximum Gasteiger partial charge on any atom is 0.248 e. The fourth-order valence-electron chi connectivity index (χ4n) is 1.84. The van der Waals surface area contributed by atoms with Crippen molar-refractivity contribution in [2.45, 2.75) is 26.2 Å². The number of pyridine rings is 2. The molecule has 0 aliphatic rings. The van der Waals surface area contributed by atoms with Gasteiger partial charge in [-0.05, 0) is 23.8 Å². The molecule has 0 saturated carbocycles. The lowest BCUT2D eigenvalue weighted by Crippen LogP contribution is -2.20. The number of hydrogen-bond donors (Lipinski definition) is 1. The summed E-state index contributed by atoms with van der Waals surface area (Å²) in [5.74, 6) is 0. The molecule has 0 amide bonds. The summed E-state index contributed by atoms with van der Waals surface area (Å²) >= 11 is 0. The van der Waals surface area contributed by atoms with Gasteiger partial charge in [-0.2, -0.15) is 0 Å². The van der Waals surface area contributed by atoms with Gasteiger partial charge in [0.1, 0.15) is 0 Å². The first-order valence-electron chi connectivity index (χ1n) is 5.63. The van der Waals surface area contributed by atoms with E-state index in [2.05, 4.69) is 30.7 Å². The van der Waals surface area contributed by atoms with Gasteiger partial charge in [0.05, 0.1) is 0 Å². The summed E-state index contributed by atoms with van der Waals surface area (Å²) in [5, 5.41) is 0. The summed E-state index contributed by atoms with van der Waals surface area (Å²) in [4.78, 5) is 18.4. The molecule has 0 aromatic carbocycles. The van der Waals surface area contributed by atoms with Crippen LogP contribution >= 0.6 is 0 Å². The fourth-order valence-corrected chi connectivity index (χ4v) is 1.84. The summed E-state index contributed by atoms with van der Waals surface area (Å²) in [6.07, 6.45) is 3.51. The summed E-state index contributed by atoms with van der Waals surface area (Å²) in [6, 6.07) is 7.32. The van der Waals surface area contributed by atoms with Crippen LogP contribution in [-0.4, -0.2) is 9.97 Å². The highest BCUT2D eigenvalue weighted by atomic mass is 16.1. The topological polar surface area (TPSA) is 45.8 Å². The molecule has 0 saturated heterocycles. The normalized spacial score (nSPS) is 11.5. The first-order valence-corrected chi connectivity index (χ1v) is 5.63. The fraction of sp³-hybridized carbons (Fsp3) is 0.286. The number of aromatic nitrogens is 2. The van der Waals surface area contributed by atoms with Gasteiger partial charge < -0.3 is 4.98 Å². The van der Waals surface area contributed by atoms with Crippen LogP contribution in [0.2, 0.25) is 0 Å². The van der Waals surface area contributed by atoms with Gasteiger partial charge in [0.2, 0.25) is 5.56 Å². The van der Waals surface area contributed by atoms with Gasteiger partial charge >= 0.3 is 0 Å². The second-order valence-corrected chi connectivity index (χ2v) is 5.10. The molecule has 0 spiro atoms. The number of nitrogens with zero attached hydrogens (tertiary/aromatic N) is 1.